The molecule has 1 spiro atoms. The summed E-state index contributed by atoms with van der Waals surface area (Å²) in [6.07, 6.45) is 3.42. The van der Waals surface area contributed by atoms with Crippen LogP contribution >= 0.6 is 0 Å². The van der Waals surface area contributed by atoms with E-state index < -0.39 is 23.5 Å². The van der Waals surface area contributed by atoms with Gasteiger partial charge in [-0.1, -0.05) is 12.2 Å². The molecule has 8 nitrogen and oxygen atoms in total. The summed E-state index contributed by atoms with van der Waals surface area (Å²) in [5.41, 5.74) is 0.566. The zero-order valence-electron chi connectivity index (χ0n) is 16.7. The third-order valence-corrected chi connectivity index (χ3v) is 6.43. The van der Waals surface area contributed by atoms with Gasteiger partial charge in [0.1, 0.15) is 11.4 Å². The minimum Gasteiger partial charge on any atom is -0.497 e. The molecule has 0 aliphatic carbocycles. The summed E-state index contributed by atoms with van der Waals surface area (Å²) in [7, 11) is 1.60. The van der Waals surface area contributed by atoms with Crippen LogP contribution in [0.15, 0.2) is 54.6 Å². The van der Waals surface area contributed by atoms with Gasteiger partial charge >= 0.3 is 0 Å². The van der Waals surface area contributed by atoms with Crippen LogP contribution in [0.4, 0.5) is 11.4 Å². The Morgan fingerprint density at radius 3 is 2.77 bits per heavy atom. The SMILES string of the molecule is COc1ccc(N2C[C@]34C=C[C@@H](O3)[C@@H](C(=O)Nc3ccc5c(c3)OCO5)[C@H]4C2=O)cc1. The van der Waals surface area contributed by atoms with E-state index in [2.05, 4.69) is 5.32 Å². The summed E-state index contributed by atoms with van der Waals surface area (Å²) in [4.78, 5) is 28.3. The van der Waals surface area contributed by atoms with Crippen LogP contribution in [0, 0.1) is 11.8 Å². The molecule has 8 heteroatoms. The maximum Gasteiger partial charge on any atom is 0.234 e. The van der Waals surface area contributed by atoms with Gasteiger partial charge < -0.3 is 29.2 Å². The Balaban J connectivity index is 1.26. The van der Waals surface area contributed by atoms with E-state index in [9.17, 15) is 9.59 Å². The Morgan fingerprint density at radius 2 is 1.97 bits per heavy atom. The number of hydrogen-bond acceptors (Lipinski definition) is 6. The first kappa shape index (κ1) is 18.3. The number of rotatable bonds is 4. The smallest absolute Gasteiger partial charge is 0.234 e. The topological polar surface area (TPSA) is 86.3 Å². The molecule has 6 rings (SSSR count). The van der Waals surface area contributed by atoms with Gasteiger partial charge in [0.25, 0.3) is 0 Å². The van der Waals surface area contributed by atoms with Gasteiger partial charge in [0.05, 0.1) is 31.6 Å². The molecule has 2 aromatic rings. The van der Waals surface area contributed by atoms with Gasteiger partial charge in [0.2, 0.25) is 18.6 Å². The van der Waals surface area contributed by atoms with Crippen molar-refractivity contribution < 1.29 is 28.5 Å². The van der Waals surface area contributed by atoms with E-state index in [1.807, 2.05) is 36.4 Å². The molecular formula is C23H20N2O6. The Kier molecular flexibility index (Phi) is 3.82. The molecule has 0 unspecified atom stereocenters. The Bertz CT molecular complexity index is 1110. The fraction of sp³-hybridized carbons (Fsp3) is 0.304. The summed E-state index contributed by atoms with van der Waals surface area (Å²) < 4.78 is 22.1. The highest BCUT2D eigenvalue weighted by molar-refractivity contribution is 6.05. The molecule has 2 bridgehead atoms. The Labute approximate surface area is 178 Å². The van der Waals surface area contributed by atoms with Gasteiger partial charge in [-0.05, 0) is 36.4 Å². The first-order valence-corrected chi connectivity index (χ1v) is 10.1. The predicted octanol–water partition coefficient (Wildman–Crippen LogP) is 2.35. The normalized spacial score (nSPS) is 29.4. The molecule has 158 valence electrons. The number of nitrogens with zero attached hydrogens (tertiary/aromatic N) is 1. The first-order chi connectivity index (χ1) is 15.1. The Morgan fingerprint density at radius 1 is 1.16 bits per heavy atom. The monoisotopic (exact) mass is 420 g/mol. The molecule has 0 radical (unpaired) electrons. The molecule has 4 atom stereocenters. The highest BCUT2D eigenvalue weighted by Gasteiger charge is 2.67. The van der Waals surface area contributed by atoms with Gasteiger partial charge in [-0.15, -0.1) is 0 Å². The van der Waals surface area contributed by atoms with Crippen LogP contribution in [-0.2, 0) is 14.3 Å². The van der Waals surface area contributed by atoms with E-state index in [0.717, 1.165) is 5.69 Å². The molecule has 31 heavy (non-hydrogen) atoms. The molecule has 0 aromatic heterocycles. The van der Waals surface area contributed by atoms with Crippen LogP contribution < -0.4 is 24.4 Å². The highest BCUT2D eigenvalue weighted by Crippen LogP contribution is 2.53. The summed E-state index contributed by atoms with van der Waals surface area (Å²) in [5.74, 6) is 0.412. The number of methoxy groups -OCH3 is 1. The molecule has 2 fully saturated rings. The Hall–Kier alpha value is -3.52. The second kappa shape index (κ2) is 6.49. The second-order valence-electron chi connectivity index (χ2n) is 8.08. The van der Waals surface area contributed by atoms with Gasteiger partial charge in [-0.25, -0.2) is 0 Å². The summed E-state index contributed by atoms with van der Waals surface area (Å²) in [6, 6.07) is 12.5. The molecular weight excluding hydrogens is 400 g/mol. The fourth-order valence-electron chi connectivity index (χ4n) is 4.98. The average Bonchev–Trinajstić information content (AvgIpc) is 3.54. The van der Waals surface area contributed by atoms with Crippen molar-refractivity contribution in [1.29, 1.82) is 0 Å². The molecule has 2 saturated heterocycles. The maximum absolute atomic E-state index is 13.4. The van der Waals surface area contributed by atoms with Gasteiger partial charge in [-0.3, -0.25) is 9.59 Å². The molecule has 4 aliphatic rings. The van der Waals surface area contributed by atoms with E-state index in [1.165, 1.54) is 0 Å². The average molecular weight is 420 g/mol. The van der Waals surface area contributed by atoms with Crippen molar-refractivity contribution in [2.24, 2.45) is 11.8 Å². The van der Waals surface area contributed by atoms with Gasteiger partial charge in [-0.2, -0.15) is 0 Å². The standard InChI is InChI=1S/C23H20N2O6/c1-28-15-5-3-14(4-6-15)25-11-23-9-8-17(31-23)19(20(23)22(25)27)21(26)24-13-2-7-16-18(10-13)30-12-29-16/h2-10,17,19-20H,11-12H2,1H3,(H,24,26)/t17-,19-,20+,23+/m1/s1. The van der Waals surface area contributed by atoms with Crippen molar-refractivity contribution in [2.45, 2.75) is 11.7 Å². The quantitative estimate of drug-likeness (QED) is 0.765. The number of ether oxygens (including phenoxy) is 4. The van der Waals surface area contributed by atoms with E-state index >= 15 is 0 Å². The molecule has 2 amide bonds. The minimum absolute atomic E-state index is 0.108. The second-order valence-corrected chi connectivity index (χ2v) is 8.08. The number of fused-ring (bicyclic) bond motifs is 2. The number of amides is 2. The maximum atomic E-state index is 13.4. The minimum atomic E-state index is -0.779. The van der Waals surface area contributed by atoms with Crippen molar-refractivity contribution in [3.63, 3.8) is 0 Å². The number of carbonyl (C=O) groups excluding carboxylic acids is 2. The largest absolute Gasteiger partial charge is 0.497 e. The van der Waals surface area contributed by atoms with Crippen LogP contribution in [-0.4, -0.2) is 44.0 Å². The van der Waals surface area contributed by atoms with Crippen LogP contribution in [0.5, 0.6) is 17.2 Å². The van der Waals surface area contributed by atoms with E-state index in [1.54, 1.807) is 30.2 Å². The van der Waals surface area contributed by atoms with E-state index in [4.69, 9.17) is 18.9 Å². The molecule has 4 heterocycles. The molecule has 2 aromatic carbocycles. The number of nitrogens with one attached hydrogen (secondary N) is 1. The van der Waals surface area contributed by atoms with Crippen LogP contribution in [0.2, 0.25) is 0 Å². The summed E-state index contributed by atoms with van der Waals surface area (Å²) in [6.45, 7) is 0.542. The summed E-state index contributed by atoms with van der Waals surface area (Å²) >= 11 is 0. The van der Waals surface area contributed by atoms with Gasteiger partial charge in [0, 0.05) is 17.4 Å². The van der Waals surface area contributed by atoms with Crippen molar-refractivity contribution >= 4 is 23.2 Å². The molecule has 4 aliphatic heterocycles. The van der Waals surface area contributed by atoms with Crippen molar-refractivity contribution in [1.82, 2.24) is 0 Å². The number of benzene rings is 2. The molecule has 0 saturated carbocycles. The first-order valence-electron chi connectivity index (χ1n) is 10.1. The lowest BCUT2D eigenvalue weighted by Crippen LogP contribution is -2.41. The number of hydrogen-bond donors (Lipinski definition) is 1. The van der Waals surface area contributed by atoms with Crippen LogP contribution in [0.1, 0.15) is 0 Å². The van der Waals surface area contributed by atoms with Gasteiger partial charge in [0.15, 0.2) is 11.5 Å². The fourth-order valence-corrected chi connectivity index (χ4v) is 4.98. The van der Waals surface area contributed by atoms with Crippen LogP contribution in [0.3, 0.4) is 0 Å². The number of anilines is 2. The zero-order chi connectivity index (χ0) is 21.2. The predicted molar refractivity (Wildman–Crippen MR) is 110 cm³/mol. The lowest BCUT2D eigenvalue weighted by Gasteiger charge is -2.23. The lowest BCUT2D eigenvalue weighted by molar-refractivity contribution is -0.128. The van der Waals surface area contributed by atoms with Crippen molar-refractivity contribution in [3.05, 3.63) is 54.6 Å². The van der Waals surface area contributed by atoms with Crippen LogP contribution in [0.25, 0.3) is 0 Å². The van der Waals surface area contributed by atoms with Crippen molar-refractivity contribution in [3.8, 4) is 17.2 Å². The third-order valence-electron chi connectivity index (χ3n) is 6.43. The lowest BCUT2D eigenvalue weighted by atomic mass is 9.77. The van der Waals surface area contributed by atoms with E-state index in [-0.39, 0.29) is 18.6 Å². The van der Waals surface area contributed by atoms with E-state index in [0.29, 0.717) is 29.5 Å². The summed E-state index contributed by atoms with van der Waals surface area (Å²) in [5, 5.41) is 2.92. The highest BCUT2D eigenvalue weighted by atomic mass is 16.7. The third kappa shape index (κ3) is 2.64. The number of carbonyl (C=O) groups is 2. The van der Waals surface area contributed by atoms with Crippen molar-refractivity contribution in [2.75, 3.05) is 30.7 Å². The molecule has 1 N–H and O–H groups in total. The zero-order valence-corrected chi connectivity index (χ0v) is 16.7.